The van der Waals surface area contributed by atoms with Crippen molar-refractivity contribution in [2.24, 2.45) is 5.92 Å². The highest BCUT2D eigenvalue weighted by Gasteiger charge is 2.37. The van der Waals surface area contributed by atoms with Crippen molar-refractivity contribution < 1.29 is 14.6 Å². The van der Waals surface area contributed by atoms with Crippen molar-refractivity contribution in [2.75, 3.05) is 26.3 Å². The summed E-state index contributed by atoms with van der Waals surface area (Å²) in [6.07, 6.45) is 2.61. The number of likely N-dealkylation sites (tertiary alicyclic amines) is 1. The van der Waals surface area contributed by atoms with Gasteiger partial charge in [-0.3, -0.25) is 4.79 Å². The van der Waals surface area contributed by atoms with E-state index in [0.29, 0.717) is 19.5 Å². The molecular formula is C11H19NO3. The van der Waals surface area contributed by atoms with Crippen LogP contribution in [-0.4, -0.2) is 47.8 Å². The highest BCUT2D eigenvalue weighted by Crippen LogP contribution is 2.28. The van der Waals surface area contributed by atoms with Gasteiger partial charge >= 0.3 is 0 Å². The van der Waals surface area contributed by atoms with E-state index >= 15 is 0 Å². The van der Waals surface area contributed by atoms with Gasteiger partial charge in [-0.05, 0) is 19.8 Å². The van der Waals surface area contributed by atoms with Crippen molar-refractivity contribution in [3.63, 3.8) is 0 Å². The van der Waals surface area contributed by atoms with Crippen molar-refractivity contribution in [3.05, 3.63) is 0 Å². The number of hydrogen-bond acceptors (Lipinski definition) is 3. The van der Waals surface area contributed by atoms with Gasteiger partial charge < -0.3 is 14.7 Å². The van der Waals surface area contributed by atoms with E-state index in [1.165, 1.54) is 0 Å². The summed E-state index contributed by atoms with van der Waals surface area (Å²) in [6, 6.07) is 0. The Balaban J connectivity index is 1.92. The minimum atomic E-state index is -0.153. The van der Waals surface area contributed by atoms with Crippen LogP contribution < -0.4 is 0 Å². The molecule has 0 aromatic heterocycles. The number of rotatable bonds is 3. The van der Waals surface area contributed by atoms with Crippen molar-refractivity contribution >= 4 is 5.91 Å². The number of carbonyl (C=O) groups is 1. The second-order valence-electron chi connectivity index (χ2n) is 4.93. The molecule has 1 amide bonds. The van der Waals surface area contributed by atoms with Crippen LogP contribution in [0.4, 0.5) is 0 Å². The lowest BCUT2D eigenvalue weighted by atomic mass is 10.0. The number of amides is 1. The zero-order chi connectivity index (χ0) is 10.9. The molecule has 0 saturated carbocycles. The zero-order valence-electron chi connectivity index (χ0n) is 9.24. The molecule has 2 fully saturated rings. The van der Waals surface area contributed by atoms with E-state index < -0.39 is 0 Å². The molecule has 2 rings (SSSR count). The number of nitrogens with zero attached hydrogens (tertiary/aromatic N) is 1. The first-order valence-electron chi connectivity index (χ1n) is 5.65. The van der Waals surface area contributed by atoms with Gasteiger partial charge in [0.05, 0.1) is 5.60 Å². The van der Waals surface area contributed by atoms with E-state index in [0.717, 1.165) is 19.4 Å². The number of hydrogen-bond donors (Lipinski definition) is 1. The SMILES string of the molecule is CC1(CN2CC(CO)CC2=O)CCCO1. The van der Waals surface area contributed by atoms with Gasteiger partial charge in [-0.2, -0.15) is 0 Å². The average molecular weight is 213 g/mol. The Morgan fingerprint density at radius 2 is 2.47 bits per heavy atom. The lowest BCUT2D eigenvalue weighted by Gasteiger charge is -2.29. The fraction of sp³-hybridized carbons (Fsp3) is 0.909. The normalized spacial score (nSPS) is 36.5. The topological polar surface area (TPSA) is 49.8 Å². The number of aliphatic hydroxyl groups excluding tert-OH is 1. The van der Waals surface area contributed by atoms with E-state index in [2.05, 4.69) is 6.92 Å². The van der Waals surface area contributed by atoms with Gasteiger partial charge in [0.25, 0.3) is 0 Å². The molecule has 86 valence electrons. The maximum absolute atomic E-state index is 11.6. The largest absolute Gasteiger partial charge is 0.396 e. The molecule has 2 unspecified atom stereocenters. The van der Waals surface area contributed by atoms with Crippen molar-refractivity contribution in [1.29, 1.82) is 0 Å². The maximum atomic E-state index is 11.6. The Hall–Kier alpha value is -0.610. The molecule has 0 aromatic rings. The van der Waals surface area contributed by atoms with Gasteiger partial charge in [0.2, 0.25) is 5.91 Å². The van der Waals surface area contributed by atoms with Gasteiger partial charge in [-0.25, -0.2) is 0 Å². The van der Waals surface area contributed by atoms with Crippen molar-refractivity contribution in [3.8, 4) is 0 Å². The lowest BCUT2D eigenvalue weighted by molar-refractivity contribution is -0.130. The predicted octanol–water partition coefficient (Wildman–Crippen LogP) is 0.396. The molecule has 2 aliphatic rings. The van der Waals surface area contributed by atoms with E-state index in [1.54, 1.807) is 0 Å². The summed E-state index contributed by atoms with van der Waals surface area (Å²) in [6.45, 7) is 4.36. The van der Waals surface area contributed by atoms with Crippen LogP contribution >= 0.6 is 0 Å². The van der Waals surface area contributed by atoms with E-state index in [-0.39, 0.29) is 24.0 Å². The quantitative estimate of drug-likeness (QED) is 0.738. The van der Waals surface area contributed by atoms with Gasteiger partial charge in [-0.1, -0.05) is 0 Å². The number of aliphatic hydroxyl groups is 1. The number of ether oxygens (including phenoxy) is 1. The van der Waals surface area contributed by atoms with E-state index in [4.69, 9.17) is 9.84 Å². The van der Waals surface area contributed by atoms with Crippen LogP contribution in [0.2, 0.25) is 0 Å². The zero-order valence-corrected chi connectivity index (χ0v) is 9.24. The van der Waals surface area contributed by atoms with Gasteiger partial charge in [-0.15, -0.1) is 0 Å². The third-order valence-electron chi connectivity index (χ3n) is 3.38. The molecular weight excluding hydrogens is 194 g/mol. The summed E-state index contributed by atoms with van der Waals surface area (Å²) in [5.74, 6) is 0.285. The second kappa shape index (κ2) is 4.10. The standard InChI is InChI=1S/C11H19NO3/c1-11(3-2-4-15-11)8-12-6-9(7-13)5-10(12)14/h9,13H,2-8H2,1H3. The Labute approximate surface area is 90.2 Å². The molecule has 2 aliphatic heterocycles. The summed E-state index contributed by atoms with van der Waals surface area (Å²) >= 11 is 0. The Morgan fingerprint density at radius 1 is 1.67 bits per heavy atom. The average Bonchev–Trinajstić information content (AvgIpc) is 2.75. The molecule has 15 heavy (non-hydrogen) atoms. The smallest absolute Gasteiger partial charge is 0.223 e. The minimum absolute atomic E-state index is 0.111. The second-order valence-corrected chi connectivity index (χ2v) is 4.93. The molecule has 4 nitrogen and oxygen atoms in total. The first kappa shape index (κ1) is 10.9. The number of carbonyl (C=O) groups excluding carboxylic acids is 1. The Morgan fingerprint density at radius 3 is 3.00 bits per heavy atom. The molecule has 0 bridgehead atoms. The van der Waals surface area contributed by atoms with Crippen LogP contribution in [0.5, 0.6) is 0 Å². The van der Waals surface area contributed by atoms with Crippen molar-refractivity contribution in [1.82, 2.24) is 4.90 Å². The van der Waals surface area contributed by atoms with Crippen LogP contribution in [0.1, 0.15) is 26.2 Å². The minimum Gasteiger partial charge on any atom is -0.396 e. The molecule has 2 heterocycles. The third-order valence-corrected chi connectivity index (χ3v) is 3.38. The summed E-state index contributed by atoms with van der Waals surface area (Å²) in [5, 5.41) is 9.02. The van der Waals surface area contributed by atoms with Gasteiger partial charge in [0.1, 0.15) is 0 Å². The fourth-order valence-electron chi connectivity index (χ4n) is 2.49. The highest BCUT2D eigenvalue weighted by molar-refractivity contribution is 5.78. The van der Waals surface area contributed by atoms with E-state index in [1.807, 2.05) is 4.90 Å². The summed E-state index contributed by atoms with van der Waals surface area (Å²) in [4.78, 5) is 13.5. The molecule has 0 spiro atoms. The van der Waals surface area contributed by atoms with Crippen LogP contribution in [0, 0.1) is 5.92 Å². The van der Waals surface area contributed by atoms with Gasteiger partial charge in [0.15, 0.2) is 0 Å². The lowest BCUT2D eigenvalue weighted by Crippen LogP contribution is -2.41. The summed E-state index contributed by atoms with van der Waals surface area (Å²) in [5.41, 5.74) is -0.153. The summed E-state index contributed by atoms with van der Waals surface area (Å²) in [7, 11) is 0. The Kier molecular flexibility index (Phi) is 2.98. The third kappa shape index (κ3) is 2.32. The molecule has 0 aliphatic carbocycles. The van der Waals surface area contributed by atoms with Crippen LogP contribution in [0.3, 0.4) is 0 Å². The molecule has 0 aromatic carbocycles. The molecule has 0 radical (unpaired) electrons. The first-order chi connectivity index (χ1) is 7.13. The predicted molar refractivity (Wildman–Crippen MR) is 55.4 cm³/mol. The van der Waals surface area contributed by atoms with E-state index in [9.17, 15) is 4.79 Å². The highest BCUT2D eigenvalue weighted by atomic mass is 16.5. The molecule has 1 N–H and O–H groups in total. The maximum Gasteiger partial charge on any atom is 0.223 e. The monoisotopic (exact) mass is 213 g/mol. The van der Waals surface area contributed by atoms with Gasteiger partial charge in [0, 0.05) is 38.6 Å². The van der Waals surface area contributed by atoms with Crippen LogP contribution in [0.25, 0.3) is 0 Å². The Bertz CT molecular complexity index is 248. The van der Waals surface area contributed by atoms with Crippen molar-refractivity contribution in [2.45, 2.75) is 31.8 Å². The molecule has 2 atom stereocenters. The molecule has 2 saturated heterocycles. The summed E-state index contributed by atoms with van der Waals surface area (Å²) < 4.78 is 5.66. The first-order valence-corrected chi connectivity index (χ1v) is 5.65. The fourth-order valence-corrected chi connectivity index (χ4v) is 2.49. The molecule has 4 heteroatoms. The van der Waals surface area contributed by atoms with Crippen LogP contribution in [0.15, 0.2) is 0 Å². The van der Waals surface area contributed by atoms with Crippen LogP contribution in [-0.2, 0) is 9.53 Å².